The monoisotopic (exact) mass is 382 g/mol. The Morgan fingerprint density at radius 1 is 1.07 bits per heavy atom. The van der Waals surface area contributed by atoms with Gasteiger partial charge in [-0.1, -0.05) is 18.2 Å². The number of amides is 1. The summed E-state index contributed by atoms with van der Waals surface area (Å²) >= 11 is 0.749. The van der Waals surface area contributed by atoms with Crippen molar-refractivity contribution in [2.45, 2.75) is 44.6 Å². The van der Waals surface area contributed by atoms with Gasteiger partial charge in [0.1, 0.15) is 11.8 Å². The predicted molar refractivity (Wildman–Crippen MR) is 105 cm³/mol. The average molecular weight is 382 g/mol. The predicted octanol–water partition coefficient (Wildman–Crippen LogP) is 3.48. The van der Waals surface area contributed by atoms with Crippen molar-refractivity contribution < 1.29 is 14.3 Å². The summed E-state index contributed by atoms with van der Waals surface area (Å²) in [6.07, 6.45) is 6.05. The third-order valence-corrected chi connectivity index (χ3v) is 5.78. The van der Waals surface area contributed by atoms with Gasteiger partial charge < -0.3 is 10.1 Å². The second kappa shape index (κ2) is 8.13. The Hall–Kier alpha value is -2.34. The van der Waals surface area contributed by atoms with E-state index in [4.69, 9.17) is 9.72 Å². The van der Waals surface area contributed by atoms with Crippen molar-refractivity contribution in [2.24, 2.45) is 0 Å². The first-order valence-corrected chi connectivity index (χ1v) is 10.2. The fourth-order valence-electron chi connectivity index (χ4n) is 3.53. The zero-order chi connectivity index (χ0) is 18.6. The molecule has 0 saturated carbocycles. The Morgan fingerprint density at radius 2 is 1.89 bits per heavy atom. The SMILES string of the molecule is O=C1NC(Cc2ccc(OCCc3ccc4c(n3)CCCC4)cc2)C(=O)S1. The summed E-state index contributed by atoms with van der Waals surface area (Å²) in [5.41, 5.74) is 4.74. The molecule has 1 aromatic heterocycles. The van der Waals surface area contributed by atoms with E-state index < -0.39 is 6.04 Å². The van der Waals surface area contributed by atoms with E-state index in [1.54, 1.807) is 0 Å². The summed E-state index contributed by atoms with van der Waals surface area (Å²) in [6.45, 7) is 0.582. The van der Waals surface area contributed by atoms with Gasteiger partial charge in [0, 0.05) is 36.0 Å². The molecule has 1 fully saturated rings. The Morgan fingerprint density at radius 3 is 2.67 bits per heavy atom. The van der Waals surface area contributed by atoms with Gasteiger partial charge in [-0.05, 0) is 55.0 Å². The number of aromatic nitrogens is 1. The summed E-state index contributed by atoms with van der Waals surface area (Å²) in [5, 5.41) is 2.30. The van der Waals surface area contributed by atoms with Crippen LogP contribution in [0.1, 0.15) is 35.4 Å². The van der Waals surface area contributed by atoms with Crippen LogP contribution in [0.25, 0.3) is 0 Å². The number of hydrogen-bond acceptors (Lipinski definition) is 5. The Kier molecular flexibility index (Phi) is 5.43. The van der Waals surface area contributed by atoms with Crippen molar-refractivity contribution >= 4 is 22.1 Å². The first-order chi connectivity index (χ1) is 13.2. The molecule has 2 aliphatic rings. The number of nitrogens with one attached hydrogen (secondary N) is 1. The molecular weight excluding hydrogens is 360 g/mol. The number of carbonyl (C=O) groups excluding carboxylic acids is 2. The average Bonchev–Trinajstić information content (AvgIpc) is 3.00. The van der Waals surface area contributed by atoms with Crippen molar-refractivity contribution in [1.82, 2.24) is 10.3 Å². The van der Waals surface area contributed by atoms with Crippen LogP contribution in [-0.2, 0) is 30.5 Å². The van der Waals surface area contributed by atoms with Crippen LogP contribution in [0.5, 0.6) is 5.75 Å². The van der Waals surface area contributed by atoms with E-state index in [1.165, 1.54) is 24.1 Å². The highest BCUT2D eigenvalue weighted by Gasteiger charge is 2.31. The second-order valence-corrected chi connectivity index (χ2v) is 7.94. The van der Waals surface area contributed by atoms with Crippen LogP contribution < -0.4 is 10.1 Å². The molecule has 27 heavy (non-hydrogen) atoms. The zero-order valence-corrected chi connectivity index (χ0v) is 15.9. The normalized spacial score (nSPS) is 18.9. The molecule has 1 amide bonds. The lowest BCUT2D eigenvalue weighted by molar-refractivity contribution is -0.112. The maximum absolute atomic E-state index is 11.7. The van der Waals surface area contributed by atoms with E-state index in [0.717, 1.165) is 48.0 Å². The lowest BCUT2D eigenvalue weighted by Crippen LogP contribution is -2.30. The molecule has 1 unspecified atom stereocenters. The molecule has 2 aromatic rings. The number of pyridine rings is 1. The van der Waals surface area contributed by atoms with Crippen LogP contribution in [0.3, 0.4) is 0 Å². The maximum atomic E-state index is 11.7. The third-order valence-electron chi connectivity index (χ3n) is 5.00. The van der Waals surface area contributed by atoms with Gasteiger partial charge in [-0.2, -0.15) is 0 Å². The number of carbonyl (C=O) groups is 2. The van der Waals surface area contributed by atoms with Crippen LogP contribution in [-0.4, -0.2) is 28.0 Å². The molecule has 1 atom stereocenters. The molecule has 1 N–H and O–H groups in total. The highest BCUT2D eigenvalue weighted by Crippen LogP contribution is 2.21. The van der Waals surface area contributed by atoms with Crippen LogP contribution in [0, 0.1) is 0 Å². The highest BCUT2D eigenvalue weighted by atomic mass is 32.2. The summed E-state index contributed by atoms with van der Waals surface area (Å²) in [7, 11) is 0. The van der Waals surface area contributed by atoms with Gasteiger partial charge in [-0.25, -0.2) is 0 Å². The standard InChI is InChI=1S/C21H22N2O3S/c24-20-19(23-21(25)27-20)13-14-5-9-17(10-6-14)26-12-11-16-8-7-15-3-1-2-4-18(15)22-16/h5-10,19H,1-4,11-13H2,(H,23,25). The molecule has 2 heterocycles. The van der Waals surface area contributed by atoms with Gasteiger partial charge in [-0.3, -0.25) is 14.6 Å². The molecule has 0 radical (unpaired) electrons. The molecule has 140 valence electrons. The van der Waals surface area contributed by atoms with E-state index in [2.05, 4.69) is 17.4 Å². The summed E-state index contributed by atoms with van der Waals surface area (Å²) < 4.78 is 5.84. The number of benzene rings is 1. The van der Waals surface area contributed by atoms with Gasteiger partial charge >= 0.3 is 0 Å². The fourth-order valence-corrected chi connectivity index (χ4v) is 4.19. The smallest absolute Gasteiger partial charge is 0.287 e. The fraction of sp³-hybridized carbons (Fsp3) is 0.381. The molecule has 1 aliphatic heterocycles. The Labute approximate surface area is 162 Å². The van der Waals surface area contributed by atoms with E-state index in [1.807, 2.05) is 24.3 Å². The molecule has 5 nitrogen and oxygen atoms in total. The number of hydrogen-bond donors (Lipinski definition) is 1. The Balaban J connectivity index is 1.28. The first kappa shape index (κ1) is 18.0. The topological polar surface area (TPSA) is 68.3 Å². The van der Waals surface area contributed by atoms with Crippen molar-refractivity contribution in [3.8, 4) is 5.75 Å². The quantitative estimate of drug-likeness (QED) is 0.828. The number of thioether (sulfide) groups is 1. The molecule has 4 rings (SSSR count). The first-order valence-electron chi connectivity index (χ1n) is 9.39. The van der Waals surface area contributed by atoms with Crippen LogP contribution >= 0.6 is 11.8 Å². The van der Waals surface area contributed by atoms with Gasteiger partial charge in [-0.15, -0.1) is 0 Å². The van der Waals surface area contributed by atoms with Gasteiger partial charge in [0.15, 0.2) is 0 Å². The minimum Gasteiger partial charge on any atom is -0.493 e. The minimum absolute atomic E-state index is 0.113. The van der Waals surface area contributed by atoms with Crippen molar-refractivity contribution in [2.75, 3.05) is 6.61 Å². The molecule has 0 spiro atoms. The number of aryl methyl sites for hydroxylation is 2. The van der Waals surface area contributed by atoms with Crippen LogP contribution in [0.2, 0.25) is 0 Å². The third kappa shape index (κ3) is 4.50. The van der Waals surface area contributed by atoms with Gasteiger partial charge in [0.05, 0.1) is 6.61 Å². The van der Waals surface area contributed by atoms with Crippen molar-refractivity contribution in [3.63, 3.8) is 0 Å². The second-order valence-electron chi connectivity index (χ2n) is 6.97. The number of ether oxygens (including phenoxy) is 1. The lowest BCUT2D eigenvalue weighted by Gasteiger charge is -2.15. The van der Waals surface area contributed by atoms with E-state index in [0.29, 0.717) is 13.0 Å². The van der Waals surface area contributed by atoms with E-state index >= 15 is 0 Å². The molecular formula is C21H22N2O3S. The summed E-state index contributed by atoms with van der Waals surface area (Å²) in [5.74, 6) is 0.799. The molecule has 1 saturated heterocycles. The largest absolute Gasteiger partial charge is 0.493 e. The van der Waals surface area contributed by atoms with Gasteiger partial charge in [0.2, 0.25) is 5.12 Å². The minimum atomic E-state index is -0.427. The zero-order valence-electron chi connectivity index (χ0n) is 15.1. The number of rotatable bonds is 6. The number of nitrogens with zero attached hydrogens (tertiary/aromatic N) is 1. The van der Waals surface area contributed by atoms with E-state index in [-0.39, 0.29) is 10.4 Å². The van der Waals surface area contributed by atoms with Gasteiger partial charge in [0.25, 0.3) is 5.24 Å². The summed E-state index contributed by atoms with van der Waals surface area (Å²) in [6, 6.07) is 11.6. The lowest BCUT2D eigenvalue weighted by atomic mass is 9.96. The molecule has 0 bridgehead atoms. The summed E-state index contributed by atoms with van der Waals surface area (Å²) in [4.78, 5) is 27.7. The molecule has 1 aromatic carbocycles. The van der Waals surface area contributed by atoms with Crippen LogP contribution in [0.15, 0.2) is 36.4 Å². The molecule has 1 aliphatic carbocycles. The maximum Gasteiger partial charge on any atom is 0.287 e. The molecule has 6 heteroatoms. The van der Waals surface area contributed by atoms with E-state index in [9.17, 15) is 9.59 Å². The number of fused-ring (bicyclic) bond motifs is 1. The Bertz CT molecular complexity index is 851. The highest BCUT2D eigenvalue weighted by molar-refractivity contribution is 8.26. The van der Waals surface area contributed by atoms with Crippen LogP contribution in [0.4, 0.5) is 4.79 Å². The van der Waals surface area contributed by atoms with Crippen molar-refractivity contribution in [3.05, 3.63) is 58.9 Å². The van der Waals surface area contributed by atoms with Crippen molar-refractivity contribution in [1.29, 1.82) is 0 Å².